The molecule has 1 aliphatic carbocycles. The SMILES string of the molecule is CNC(=O)C(c1ccc(OCc2ccc3ccccc3n2)c(CC(C)C)c1)C1CCCCCC1. The molecule has 1 aliphatic rings. The summed E-state index contributed by atoms with van der Waals surface area (Å²) in [6, 6.07) is 18.7. The highest BCUT2D eigenvalue weighted by Gasteiger charge is 2.30. The largest absolute Gasteiger partial charge is 0.487 e. The van der Waals surface area contributed by atoms with Crippen molar-refractivity contribution >= 4 is 16.8 Å². The average molecular weight is 459 g/mol. The molecule has 4 rings (SSSR count). The summed E-state index contributed by atoms with van der Waals surface area (Å²) in [6.45, 7) is 4.88. The summed E-state index contributed by atoms with van der Waals surface area (Å²) in [5.74, 6) is 1.83. The first-order chi connectivity index (χ1) is 16.5. The van der Waals surface area contributed by atoms with Crippen molar-refractivity contribution in [3.8, 4) is 5.75 Å². The Morgan fingerprint density at radius 1 is 1.03 bits per heavy atom. The van der Waals surface area contributed by atoms with Crippen LogP contribution in [0, 0.1) is 11.8 Å². The van der Waals surface area contributed by atoms with Crippen molar-refractivity contribution in [2.24, 2.45) is 11.8 Å². The molecule has 1 amide bonds. The number of likely N-dealkylation sites (N-methyl/N-ethyl adjacent to an activating group) is 1. The average Bonchev–Trinajstić information content (AvgIpc) is 3.12. The van der Waals surface area contributed by atoms with Crippen molar-refractivity contribution in [3.05, 3.63) is 71.4 Å². The van der Waals surface area contributed by atoms with E-state index in [1.165, 1.54) is 31.2 Å². The summed E-state index contributed by atoms with van der Waals surface area (Å²) in [6.07, 6.45) is 8.18. The third-order valence-electron chi connectivity index (χ3n) is 7.00. The number of hydrogen-bond acceptors (Lipinski definition) is 3. The Hall–Kier alpha value is -2.88. The second kappa shape index (κ2) is 11.5. The van der Waals surface area contributed by atoms with Crippen LogP contribution in [0.4, 0.5) is 0 Å². The van der Waals surface area contributed by atoms with Crippen LogP contribution >= 0.6 is 0 Å². The molecular weight excluding hydrogens is 420 g/mol. The molecule has 180 valence electrons. The van der Waals surface area contributed by atoms with Gasteiger partial charge in [0.25, 0.3) is 0 Å². The molecule has 0 bridgehead atoms. The number of pyridine rings is 1. The van der Waals surface area contributed by atoms with Gasteiger partial charge in [0.05, 0.1) is 17.1 Å². The molecule has 0 saturated heterocycles. The fraction of sp³-hybridized carbons (Fsp3) is 0.467. The Balaban J connectivity index is 1.59. The minimum Gasteiger partial charge on any atom is -0.487 e. The number of nitrogens with one attached hydrogen (secondary N) is 1. The van der Waals surface area contributed by atoms with Gasteiger partial charge in [0, 0.05) is 12.4 Å². The number of para-hydroxylation sites is 1. The maximum Gasteiger partial charge on any atom is 0.227 e. The molecule has 1 atom stereocenters. The topological polar surface area (TPSA) is 51.2 Å². The molecule has 1 heterocycles. The molecule has 2 aromatic carbocycles. The summed E-state index contributed by atoms with van der Waals surface area (Å²) in [5, 5.41) is 4.07. The van der Waals surface area contributed by atoms with Crippen LogP contribution in [0.25, 0.3) is 10.9 Å². The molecule has 1 unspecified atom stereocenters. The minimum atomic E-state index is -0.0924. The summed E-state index contributed by atoms with van der Waals surface area (Å²) in [5.41, 5.74) is 4.20. The Morgan fingerprint density at radius 2 is 1.79 bits per heavy atom. The Morgan fingerprint density at radius 3 is 2.53 bits per heavy atom. The first-order valence-electron chi connectivity index (χ1n) is 12.9. The molecule has 1 N–H and O–H groups in total. The molecule has 0 spiro atoms. The van der Waals surface area contributed by atoms with Crippen LogP contribution in [-0.4, -0.2) is 17.9 Å². The van der Waals surface area contributed by atoms with Gasteiger partial charge in [-0.3, -0.25) is 4.79 Å². The highest BCUT2D eigenvalue weighted by molar-refractivity contribution is 5.84. The zero-order chi connectivity index (χ0) is 23.9. The number of fused-ring (bicyclic) bond motifs is 1. The minimum absolute atomic E-state index is 0.0924. The van der Waals surface area contributed by atoms with Crippen LogP contribution in [0.5, 0.6) is 5.75 Å². The van der Waals surface area contributed by atoms with Gasteiger partial charge in [0.2, 0.25) is 5.91 Å². The second-order valence-corrected chi connectivity index (χ2v) is 10.1. The summed E-state index contributed by atoms with van der Waals surface area (Å²) in [4.78, 5) is 17.8. The van der Waals surface area contributed by atoms with E-state index in [1.807, 2.05) is 24.3 Å². The number of amides is 1. The van der Waals surface area contributed by atoms with Crippen LogP contribution in [0.2, 0.25) is 0 Å². The molecule has 4 nitrogen and oxygen atoms in total. The monoisotopic (exact) mass is 458 g/mol. The van der Waals surface area contributed by atoms with E-state index in [-0.39, 0.29) is 11.8 Å². The van der Waals surface area contributed by atoms with E-state index < -0.39 is 0 Å². The van der Waals surface area contributed by atoms with Gasteiger partial charge < -0.3 is 10.1 Å². The lowest BCUT2D eigenvalue weighted by molar-refractivity contribution is -0.123. The maximum atomic E-state index is 13.0. The molecule has 0 aliphatic heterocycles. The first-order valence-corrected chi connectivity index (χ1v) is 12.9. The molecule has 1 aromatic heterocycles. The van der Waals surface area contributed by atoms with Gasteiger partial charge in [-0.15, -0.1) is 0 Å². The molecule has 3 aromatic rings. The highest BCUT2D eigenvalue weighted by atomic mass is 16.5. The summed E-state index contributed by atoms with van der Waals surface area (Å²) >= 11 is 0. The maximum absolute atomic E-state index is 13.0. The zero-order valence-corrected chi connectivity index (χ0v) is 20.8. The van der Waals surface area contributed by atoms with Crippen LogP contribution in [-0.2, 0) is 17.8 Å². The van der Waals surface area contributed by atoms with Gasteiger partial charge in [-0.1, -0.05) is 75.9 Å². The van der Waals surface area contributed by atoms with Gasteiger partial charge in [-0.25, -0.2) is 4.98 Å². The van der Waals surface area contributed by atoms with Gasteiger partial charge in [0.15, 0.2) is 0 Å². The predicted molar refractivity (Wildman–Crippen MR) is 139 cm³/mol. The van der Waals surface area contributed by atoms with Crippen molar-refractivity contribution in [1.29, 1.82) is 0 Å². The number of carbonyl (C=O) groups is 1. The van der Waals surface area contributed by atoms with Gasteiger partial charge in [-0.05, 0) is 60.4 Å². The molecular formula is C30H38N2O2. The van der Waals surface area contributed by atoms with Crippen LogP contribution in [0.15, 0.2) is 54.6 Å². The smallest absolute Gasteiger partial charge is 0.227 e. The van der Waals surface area contributed by atoms with E-state index in [0.29, 0.717) is 18.4 Å². The van der Waals surface area contributed by atoms with Crippen molar-refractivity contribution in [3.63, 3.8) is 0 Å². The fourth-order valence-corrected chi connectivity index (χ4v) is 5.31. The Labute approximate surface area is 204 Å². The number of ether oxygens (including phenoxy) is 1. The third kappa shape index (κ3) is 5.97. The number of hydrogen-bond donors (Lipinski definition) is 1. The van der Waals surface area contributed by atoms with Crippen molar-refractivity contribution in [1.82, 2.24) is 10.3 Å². The molecule has 4 heteroatoms. The lowest BCUT2D eigenvalue weighted by Gasteiger charge is -2.26. The van der Waals surface area contributed by atoms with Gasteiger partial charge in [0.1, 0.15) is 12.4 Å². The molecule has 34 heavy (non-hydrogen) atoms. The lowest BCUT2D eigenvalue weighted by atomic mass is 9.80. The summed E-state index contributed by atoms with van der Waals surface area (Å²) < 4.78 is 6.30. The van der Waals surface area contributed by atoms with Crippen LogP contribution in [0.3, 0.4) is 0 Å². The lowest BCUT2D eigenvalue weighted by Crippen LogP contribution is -2.31. The zero-order valence-electron chi connectivity index (χ0n) is 20.8. The number of carbonyl (C=O) groups excluding carboxylic acids is 1. The quantitative estimate of drug-likeness (QED) is 0.377. The first kappa shape index (κ1) is 24.3. The Bertz CT molecular complexity index is 1100. The number of benzene rings is 2. The molecule has 0 radical (unpaired) electrons. The van der Waals surface area contributed by atoms with E-state index in [9.17, 15) is 4.79 Å². The second-order valence-electron chi connectivity index (χ2n) is 10.1. The normalized spacial score (nSPS) is 15.8. The van der Waals surface area contributed by atoms with Crippen LogP contribution in [0.1, 0.15) is 75.1 Å². The summed E-state index contributed by atoms with van der Waals surface area (Å²) in [7, 11) is 1.76. The van der Waals surface area contributed by atoms with Crippen molar-refractivity contribution in [2.45, 2.75) is 71.3 Å². The standard InChI is InChI=1S/C30H38N2O2/c1-21(2)18-25-19-24(29(30(33)31-3)23-11-6-4-5-7-12-23)15-17-28(25)34-20-26-16-14-22-10-8-9-13-27(22)32-26/h8-10,13-17,19,21,23,29H,4-7,11-12,18,20H2,1-3H3,(H,31,33). The van der Waals surface area contributed by atoms with Crippen LogP contribution < -0.4 is 10.1 Å². The van der Waals surface area contributed by atoms with Gasteiger partial charge >= 0.3 is 0 Å². The third-order valence-corrected chi connectivity index (χ3v) is 7.00. The molecule has 1 fully saturated rings. The van der Waals surface area contributed by atoms with Crippen molar-refractivity contribution < 1.29 is 9.53 Å². The fourth-order valence-electron chi connectivity index (χ4n) is 5.31. The Kier molecular flexibility index (Phi) is 8.21. The predicted octanol–water partition coefficient (Wildman–Crippen LogP) is 6.81. The number of aromatic nitrogens is 1. The number of rotatable bonds is 8. The van der Waals surface area contributed by atoms with E-state index in [4.69, 9.17) is 9.72 Å². The van der Waals surface area contributed by atoms with Gasteiger partial charge in [-0.2, -0.15) is 0 Å². The molecule has 1 saturated carbocycles. The van der Waals surface area contributed by atoms with Crippen molar-refractivity contribution in [2.75, 3.05) is 7.05 Å². The number of nitrogens with zero attached hydrogens (tertiary/aromatic N) is 1. The van der Waals surface area contributed by atoms with E-state index in [1.54, 1.807) is 7.05 Å². The highest BCUT2D eigenvalue weighted by Crippen LogP contribution is 2.37. The van der Waals surface area contributed by atoms with E-state index >= 15 is 0 Å². The van der Waals surface area contributed by atoms with E-state index in [2.05, 4.69) is 49.5 Å². The van der Waals surface area contributed by atoms with E-state index in [0.717, 1.165) is 47.2 Å².